The number of nitrogens with two attached hydrogens (primary N) is 1. The van der Waals surface area contributed by atoms with Crippen LogP contribution >= 0.6 is 0 Å². The van der Waals surface area contributed by atoms with Crippen LogP contribution in [0.5, 0.6) is 11.5 Å². The first-order chi connectivity index (χ1) is 31.5. The zero-order valence-electron chi connectivity index (χ0n) is 38.1. The Morgan fingerprint density at radius 1 is 0.815 bits per heavy atom. The van der Waals surface area contributed by atoms with Gasteiger partial charge in [-0.25, -0.2) is 19.9 Å². The minimum absolute atomic E-state index is 0.0106. The van der Waals surface area contributed by atoms with Gasteiger partial charge in [0.15, 0.2) is 5.82 Å². The lowest BCUT2D eigenvalue weighted by molar-refractivity contribution is -0.140. The second-order valence-electron chi connectivity index (χ2n) is 19.9. The second-order valence-corrected chi connectivity index (χ2v) is 19.9. The Labute approximate surface area is 382 Å². The van der Waals surface area contributed by atoms with Crippen molar-refractivity contribution >= 4 is 23.6 Å². The fraction of sp³-hybridized carbons (Fsp3) is 0.560. The molecule has 2 aromatic heterocycles. The average Bonchev–Trinajstić information content (AvgIpc) is 3.76. The Hall–Kier alpha value is -5.38. The Balaban J connectivity index is 0.690. The van der Waals surface area contributed by atoms with Crippen molar-refractivity contribution in [3.63, 3.8) is 0 Å². The van der Waals surface area contributed by atoms with E-state index in [1.54, 1.807) is 23.4 Å². The fourth-order valence-electron chi connectivity index (χ4n) is 11.5. The number of hydrogen-bond acceptors (Lipinski definition) is 13. The molecular formula is C50H64N10O5. The normalized spacial score (nSPS) is 22.6. The average molecular weight is 885 g/mol. The van der Waals surface area contributed by atoms with Gasteiger partial charge in [0.2, 0.25) is 11.9 Å². The topological polar surface area (TPSA) is 178 Å². The van der Waals surface area contributed by atoms with E-state index in [-0.39, 0.29) is 40.8 Å². The van der Waals surface area contributed by atoms with Gasteiger partial charge in [0, 0.05) is 94.9 Å². The van der Waals surface area contributed by atoms with E-state index < -0.39 is 0 Å². The summed E-state index contributed by atoms with van der Waals surface area (Å²) in [4.78, 5) is 57.6. The number of anilines is 2. The van der Waals surface area contributed by atoms with Crippen LogP contribution < -0.4 is 10.6 Å². The number of phenols is 2. The van der Waals surface area contributed by atoms with Gasteiger partial charge in [-0.05, 0) is 111 Å². The molecule has 1 saturated carbocycles. The number of nitrogen functional groups attached to an aromatic ring is 1. The van der Waals surface area contributed by atoms with Gasteiger partial charge in [0.1, 0.15) is 17.3 Å². The monoisotopic (exact) mass is 885 g/mol. The van der Waals surface area contributed by atoms with E-state index in [4.69, 9.17) is 20.4 Å². The fourth-order valence-corrected chi connectivity index (χ4v) is 11.5. The molecule has 4 fully saturated rings. The Morgan fingerprint density at radius 3 is 2.25 bits per heavy atom. The number of aromatic hydroxyl groups is 2. The quantitative estimate of drug-likeness (QED) is 0.192. The number of benzene rings is 2. The zero-order valence-corrected chi connectivity index (χ0v) is 38.1. The molecular weight excluding hydrogens is 821 g/mol. The predicted octanol–water partition coefficient (Wildman–Crippen LogP) is 5.86. The van der Waals surface area contributed by atoms with Crippen LogP contribution in [0.4, 0.5) is 11.8 Å². The lowest BCUT2D eigenvalue weighted by Gasteiger charge is -2.47. The third kappa shape index (κ3) is 8.99. The summed E-state index contributed by atoms with van der Waals surface area (Å²) in [5, 5.41) is 20.8. The van der Waals surface area contributed by atoms with Crippen molar-refractivity contribution in [1.82, 2.24) is 39.5 Å². The number of aromatic nitrogens is 4. The van der Waals surface area contributed by atoms with Crippen LogP contribution in [-0.2, 0) is 42.1 Å². The molecule has 7 heterocycles. The summed E-state index contributed by atoms with van der Waals surface area (Å²) in [7, 11) is 0. The molecule has 15 heteroatoms. The van der Waals surface area contributed by atoms with Crippen LogP contribution in [0, 0.1) is 11.3 Å². The SMILES string of the molecule is CC(C)c1cc(C(=O)N2Cc3ccc(CN4CCC5(CC4)CCN(C(=O)C4CCC(N6CCc7c(nc(-c8cnc(N)nc8)nc7N7CCOCC7)C6)CC4)CC5)cc3C2)c(O)cc1O. The van der Waals surface area contributed by atoms with E-state index in [1.807, 2.05) is 13.8 Å². The number of rotatable bonds is 8. The van der Waals surface area contributed by atoms with Crippen molar-refractivity contribution in [2.45, 2.75) is 110 Å². The summed E-state index contributed by atoms with van der Waals surface area (Å²) >= 11 is 0. The first-order valence-electron chi connectivity index (χ1n) is 24.0. The molecule has 6 aliphatic rings. The molecule has 0 bridgehead atoms. The van der Waals surface area contributed by atoms with E-state index in [2.05, 4.69) is 47.8 Å². The number of amides is 2. The number of carbonyl (C=O) groups is 2. The van der Waals surface area contributed by atoms with Crippen LogP contribution in [-0.4, -0.2) is 127 Å². The molecule has 4 N–H and O–H groups in total. The van der Waals surface area contributed by atoms with Gasteiger partial charge in [-0.2, -0.15) is 0 Å². The van der Waals surface area contributed by atoms with E-state index >= 15 is 0 Å². The molecule has 5 aliphatic heterocycles. The van der Waals surface area contributed by atoms with Crippen LogP contribution in [0.2, 0.25) is 0 Å². The number of carbonyl (C=O) groups excluding carboxylic acids is 2. The first kappa shape index (κ1) is 43.5. The van der Waals surface area contributed by atoms with Gasteiger partial charge < -0.3 is 35.4 Å². The van der Waals surface area contributed by atoms with Gasteiger partial charge >= 0.3 is 0 Å². The molecule has 2 amide bonds. The highest BCUT2D eigenvalue weighted by Crippen LogP contribution is 2.43. The Bertz CT molecular complexity index is 2400. The zero-order chi connectivity index (χ0) is 44.8. The Kier molecular flexibility index (Phi) is 12.1. The molecule has 0 radical (unpaired) electrons. The minimum atomic E-state index is -0.222. The predicted molar refractivity (Wildman–Crippen MR) is 247 cm³/mol. The van der Waals surface area contributed by atoms with Crippen molar-refractivity contribution in [3.8, 4) is 22.9 Å². The van der Waals surface area contributed by atoms with E-state index in [9.17, 15) is 19.8 Å². The molecule has 65 heavy (non-hydrogen) atoms. The maximum atomic E-state index is 14.0. The smallest absolute Gasteiger partial charge is 0.258 e. The number of piperidine rings is 2. The number of hydrogen-bond donors (Lipinski definition) is 3. The van der Waals surface area contributed by atoms with Crippen LogP contribution in [0.1, 0.15) is 115 Å². The van der Waals surface area contributed by atoms with Crippen molar-refractivity contribution < 1.29 is 24.5 Å². The summed E-state index contributed by atoms with van der Waals surface area (Å²) < 4.78 is 5.66. The van der Waals surface area contributed by atoms with Crippen LogP contribution in [0.15, 0.2) is 42.7 Å². The highest BCUT2D eigenvalue weighted by atomic mass is 16.5. The van der Waals surface area contributed by atoms with Gasteiger partial charge in [0.05, 0.1) is 30.0 Å². The molecule has 15 nitrogen and oxygen atoms in total. The van der Waals surface area contributed by atoms with Gasteiger partial charge in [-0.1, -0.05) is 32.0 Å². The van der Waals surface area contributed by atoms with Crippen LogP contribution in [0.3, 0.4) is 0 Å². The van der Waals surface area contributed by atoms with E-state index in [0.717, 1.165) is 145 Å². The number of nitrogens with zero attached hydrogens (tertiary/aromatic N) is 9. The number of likely N-dealkylation sites (tertiary alicyclic amines) is 2. The Morgan fingerprint density at radius 2 is 1.52 bits per heavy atom. The molecule has 3 saturated heterocycles. The van der Waals surface area contributed by atoms with Gasteiger partial charge in [0.25, 0.3) is 5.91 Å². The number of morpholine rings is 1. The lowest BCUT2D eigenvalue weighted by Crippen LogP contribution is -2.50. The number of ether oxygens (including phenoxy) is 1. The molecule has 344 valence electrons. The third-order valence-corrected chi connectivity index (χ3v) is 15.6. The molecule has 1 spiro atoms. The van der Waals surface area contributed by atoms with Crippen molar-refractivity contribution in [1.29, 1.82) is 0 Å². The highest BCUT2D eigenvalue weighted by molar-refractivity contribution is 5.97. The molecule has 0 unspecified atom stereocenters. The van der Waals surface area contributed by atoms with Crippen LogP contribution in [0.25, 0.3) is 11.4 Å². The summed E-state index contributed by atoms with van der Waals surface area (Å²) in [6.45, 7) is 14.4. The summed E-state index contributed by atoms with van der Waals surface area (Å²) in [5.41, 5.74) is 13.6. The maximum Gasteiger partial charge on any atom is 0.258 e. The van der Waals surface area contributed by atoms with E-state index in [0.29, 0.717) is 55.1 Å². The molecule has 10 rings (SSSR count). The second kappa shape index (κ2) is 18.1. The van der Waals surface area contributed by atoms with E-state index in [1.165, 1.54) is 17.2 Å². The van der Waals surface area contributed by atoms with Crippen molar-refractivity contribution in [2.75, 3.05) is 69.7 Å². The summed E-state index contributed by atoms with van der Waals surface area (Å²) in [5.74, 6) is 1.97. The lowest BCUT2D eigenvalue weighted by atomic mass is 9.71. The third-order valence-electron chi connectivity index (χ3n) is 15.6. The molecule has 0 atom stereocenters. The standard InChI is InChI=1S/C50H64N10O5/c1-32(2)40-24-41(44(62)25-43(40)61)48(64)60-29-35-4-3-33(23-36(35)30-60)28-56-15-10-50(11-16-56)12-17-58(18-13-50)47(63)34-5-7-38(8-6-34)59-14-9-39-42(31-59)54-45(37-26-52-49(51)53-27-37)55-46(39)57-19-21-65-22-20-57/h3-4,23-27,32,34,38,61-62H,5-22,28-31H2,1-2H3,(H2,51,52,53). The molecule has 2 aromatic carbocycles. The van der Waals surface area contributed by atoms with Gasteiger partial charge in [-0.15, -0.1) is 0 Å². The highest BCUT2D eigenvalue weighted by Gasteiger charge is 2.41. The first-order valence-corrected chi connectivity index (χ1v) is 24.0. The maximum absolute atomic E-state index is 14.0. The van der Waals surface area contributed by atoms with Crippen molar-refractivity contribution in [3.05, 3.63) is 81.8 Å². The molecule has 1 aliphatic carbocycles. The number of fused-ring (bicyclic) bond motifs is 2. The van der Waals surface area contributed by atoms with Gasteiger partial charge in [-0.3, -0.25) is 19.4 Å². The molecule has 4 aromatic rings. The largest absolute Gasteiger partial charge is 0.508 e. The summed E-state index contributed by atoms with van der Waals surface area (Å²) in [6, 6.07) is 9.95. The van der Waals surface area contributed by atoms with Crippen molar-refractivity contribution in [2.24, 2.45) is 11.3 Å². The summed E-state index contributed by atoms with van der Waals surface area (Å²) in [6.07, 6.45) is 12.8. The minimum Gasteiger partial charge on any atom is -0.508 e. The number of phenolic OH excluding ortho intramolecular Hbond substituents is 2.